The molecule has 1 aliphatic rings. The fourth-order valence-electron chi connectivity index (χ4n) is 3.09. The van der Waals surface area contributed by atoms with Crippen LogP contribution in [0.5, 0.6) is 0 Å². The van der Waals surface area contributed by atoms with Gasteiger partial charge in [-0.3, -0.25) is 19.5 Å². The molecular formula is C18H17N7O3. The van der Waals surface area contributed by atoms with E-state index < -0.39 is 4.92 Å². The van der Waals surface area contributed by atoms with Crippen LogP contribution in [0.25, 0.3) is 5.82 Å². The van der Waals surface area contributed by atoms with Crippen molar-refractivity contribution in [2.24, 2.45) is 0 Å². The Bertz CT molecular complexity index is 981. The van der Waals surface area contributed by atoms with Gasteiger partial charge >= 0.3 is 0 Å². The molecule has 0 aliphatic carbocycles. The lowest BCUT2D eigenvalue weighted by Gasteiger charge is -2.35. The summed E-state index contributed by atoms with van der Waals surface area (Å²) in [6, 6.07) is 7.57. The average Bonchev–Trinajstić information content (AvgIpc) is 3.28. The number of amides is 1. The smallest absolute Gasteiger partial charge is 0.269 e. The third-order valence-corrected chi connectivity index (χ3v) is 4.62. The van der Waals surface area contributed by atoms with Gasteiger partial charge in [0.2, 0.25) is 0 Å². The maximum absolute atomic E-state index is 12.6. The number of nitrogens with zero attached hydrogens (tertiary/aromatic N) is 7. The van der Waals surface area contributed by atoms with Gasteiger partial charge in [0.1, 0.15) is 24.3 Å². The number of nitro groups is 1. The van der Waals surface area contributed by atoms with Crippen LogP contribution in [0.3, 0.4) is 0 Å². The van der Waals surface area contributed by atoms with Crippen LogP contribution < -0.4 is 4.90 Å². The van der Waals surface area contributed by atoms with Gasteiger partial charge in [0.25, 0.3) is 11.6 Å². The first-order valence-corrected chi connectivity index (χ1v) is 8.71. The highest BCUT2D eigenvalue weighted by Gasteiger charge is 2.23. The Labute approximate surface area is 160 Å². The molecule has 0 atom stereocenters. The summed E-state index contributed by atoms with van der Waals surface area (Å²) >= 11 is 0. The Balaban J connectivity index is 1.41. The number of hydrogen-bond acceptors (Lipinski definition) is 7. The van der Waals surface area contributed by atoms with Gasteiger partial charge in [-0.2, -0.15) is 0 Å². The number of carbonyl (C=O) groups is 1. The van der Waals surface area contributed by atoms with Crippen molar-refractivity contribution in [2.75, 3.05) is 31.1 Å². The zero-order valence-electron chi connectivity index (χ0n) is 14.9. The predicted molar refractivity (Wildman–Crippen MR) is 100 cm³/mol. The minimum atomic E-state index is -0.479. The van der Waals surface area contributed by atoms with E-state index in [1.807, 2.05) is 12.3 Å². The lowest BCUT2D eigenvalue weighted by Crippen LogP contribution is -2.49. The molecule has 3 heterocycles. The first kappa shape index (κ1) is 17.6. The average molecular weight is 379 g/mol. The molecule has 10 heteroatoms. The maximum atomic E-state index is 12.6. The number of anilines is 1. The van der Waals surface area contributed by atoms with E-state index in [-0.39, 0.29) is 11.6 Å². The molecule has 142 valence electrons. The summed E-state index contributed by atoms with van der Waals surface area (Å²) in [6.07, 6.45) is 6.68. The number of benzene rings is 1. The Morgan fingerprint density at radius 3 is 2.39 bits per heavy atom. The molecule has 0 spiro atoms. The van der Waals surface area contributed by atoms with Crippen LogP contribution >= 0.6 is 0 Å². The van der Waals surface area contributed by atoms with E-state index in [0.29, 0.717) is 31.7 Å². The van der Waals surface area contributed by atoms with E-state index >= 15 is 0 Å². The van der Waals surface area contributed by atoms with Crippen LogP contribution in [0, 0.1) is 10.1 Å². The van der Waals surface area contributed by atoms with Gasteiger partial charge in [-0.25, -0.2) is 15.0 Å². The van der Waals surface area contributed by atoms with Gasteiger partial charge in [0.15, 0.2) is 0 Å². The highest BCUT2D eigenvalue weighted by molar-refractivity contribution is 5.94. The van der Waals surface area contributed by atoms with Crippen LogP contribution in [-0.4, -0.2) is 61.4 Å². The molecule has 1 fully saturated rings. The van der Waals surface area contributed by atoms with E-state index in [0.717, 1.165) is 11.6 Å². The summed E-state index contributed by atoms with van der Waals surface area (Å²) in [5.74, 6) is 1.39. The minimum Gasteiger partial charge on any atom is -0.353 e. The monoisotopic (exact) mass is 379 g/mol. The molecule has 0 radical (unpaired) electrons. The number of non-ortho nitro benzene ring substituents is 1. The van der Waals surface area contributed by atoms with Gasteiger partial charge < -0.3 is 9.80 Å². The summed E-state index contributed by atoms with van der Waals surface area (Å²) in [5, 5.41) is 10.7. The zero-order chi connectivity index (χ0) is 19.5. The molecule has 28 heavy (non-hydrogen) atoms. The van der Waals surface area contributed by atoms with Crippen molar-refractivity contribution in [1.29, 1.82) is 0 Å². The molecule has 0 N–H and O–H groups in total. The molecule has 0 bridgehead atoms. The van der Waals surface area contributed by atoms with Gasteiger partial charge in [0.05, 0.1) is 4.92 Å². The quantitative estimate of drug-likeness (QED) is 0.499. The van der Waals surface area contributed by atoms with Crippen LogP contribution in [0.2, 0.25) is 0 Å². The summed E-state index contributed by atoms with van der Waals surface area (Å²) in [4.78, 5) is 39.4. The SMILES string of the molecule is O=C(c1ccc([N+](=O)[O-])cc1)N1CCN(c2cc(-n3ccnc3)ncn2)CC1. The standard InChI is InChI=1S/C18H17N7O3/c26-18(14-1-3-15(4-2-14)25(27)28)23-9-7-22(8-10-23)16-11-17(21-12-20-16)24-6-5-19-13-24/h1-6,11-13H,7-10H2. The normalized spacial score (nSPS) is 14.1. The lowest BCUT2D eigenvalue weighted by molar-refractivity contribution is -0.384. The second kappa shape index (κ2) is 7.43. The maximum Gasteiger partial charge on any atom is 0.269 e. The van der Waals surface area contributed by atoms with Gasteiger partial charge in [0, 0.05) is 62.3 Å². The summed E-state index contributed by atoms with van der Waals surface area (Å²) in [6.45, 7) is 2.36. The van der Waals surface area contributed by atoms with E-state index in [2.05, 4.69) is 19.9 Å². The van der Waals surface area contributed by atoms with E-state index in [4.69, 9.17) is 0 Å². The molecule has 0 unspecified atom stereocenters. The summed E-state index contributed by atoms with van der Waals surface area (Å²) in [7, 11) is 0. The molecule has 4 rings (SSSR count). The van der Waals surface area contributed by atoms with Gasteiger partial charge in [-0.15, -0.1) is 0 Å². The molecule has 0 saturated carbocycles. The fraction of sp³-hybridized carbons (Fsp3) is 0.222. The molecular weight excluding hydrogens is 362 g/mol. The summed E-state index contributed by atoms with van der Waals surface area (Å²) < 4.78 is 1.81. The molecule has 1 aromatic carbocycles. The molecule has 3 aromatic rings. The van der Waals surface area contributed by atoms with Crippen molar-refractivity contribution in [3.63, 3.8) is 0 Å². The predicted octanol–water partition coefficient (Wildman–Crippen LogP) is 1.53. The first-order chi connectivity index (χ1) is 13.6. The highest BCUT2D eigenvalue weighted by atomic mass is 16.6. The highest BCUT2D eigenvalue weighted by Crippen LogP contribution is 2.18. The number of aromatic nitrogens is 4. The molecule has 2 aromatic heterocycles. The van der Waals surface area contributed by atoms with Crippen LogP contribution in [-0.2, 0) is 0 Å². The van der Waals surface area contributed by atoms with Crippen molar-refractivity contribution in [2.45, 2.75) is 0 Å². The van der Waals surface area contributed by atoms with E-state index in [1.54, 1.807) is 22.0 Å². The molecule has 10 nitrogen and oxygen atoms in total. The number of rotatable bonds is 4. The second-order valence-electron chi connectivity index (χ2n) is 6.29. The lowest BCUT2D eigenvalue weighted by atomic mass is 10.1. The van der Waals surface area contributed by atoms with Gasteiger partial charge in [-0.05, 0) is 12.1 Å². The Hall–Kier alpha value is -3.82. The third kappa shape index (κ3) is 3.52. The number of imidazole rings is 1. The van der Waals surface area contributed by atoms with Crippen molar-refractivity contribution < 1.29 is 9.72 Å². The largest absolute Gasteiger partial charge is 0.353 e. The number of hydrogen-bond donors (Lipinski definition) is 0. The Morgan fingerprint density at radius 1 is 1.04 bits per heavy atom. The van der Waals surface area contributed by atoms with Crippen molar-refractivity contribution in [3.05, 3.63) is 71.1 Å². The van der Waals surface area contributed by atoms with Crippen molar-refractivity contribution in [3.8, 4) is 5.82 Å². The van der Waals surface area contributed by atoms with Crippen molar-refractivity contribution >= 4 is 17.4 Å². The van der Waals surface area contributed by atoms with Crippen LogP contribution in [0.4, 0.5) is 11.5 Å². The number of nitro benzene ring substituents is 1. The molecule has 1 saturated heterocycles. The summed E-state index contributed by atoms with van der Waals surface area (Å²) in [5.41, 5.74) is 0.419. The van der Waals surface area contributed by atoms with E-state index in [9.17, 15) is 14.9 Å². The topological polar surface area (TPSA) is 110 Å². The second-order valence-corrected chi connectivity index (χ2v) is 6.29. The van der Waals surface area contributed by atoms with Gasteiger partial charge in [-0.1, -0.05) is 0 Å². The fourth-order valence-corrected chi connectivity index (χ4v) is 3.09. The van der Waals surface area contributed by atoms with E-state index in [1.165, 1.54) is 30.6 Å². The Kier molecular flexibility index (Phi) is 4.67. The number of piperazine rings is 1. The van der Waals surface area contributed by atoms with Crippen LogP contribution in [0.1, 0.15) is 10.4 Å². The van der Waals surface area contributed by atoms with Crippen molar-refractivity contribution in [1.82, 2.24) is 24.4 Å². The Morgan fingerprint density at radius 2 is 1.75 bits per heavy atom. The molecule has 1 amide bonds. The van der Waals surface area contributed by atoms with Crippen LogP contribution in [0.15, 0.2) is 55.4 Å². The minimum absolute atomic E-state index is 0.0289. The molecule has 1 aliphatic heterocycles. The first-order valence-electron chi connectivity index (χ1n) is 8.71. The number of carbonyl (C=O) groups excluding carboxylic acids is 1. The zero-order valence-corrected chi connectivity index (χ0v) is 14.9. The third-order valence-electron chi connectivity index (χ3n) is 4.62.